The Kier molecular flexibility index (Phi) is 4.83. The van der Waals surface area contributed by atoms with Gasteiger partial charge in [-0.2, -0.15) is 0 Å². The molecule has 0 amide bonds. The third-order valence-electron chi connectivity index (χ3n) is 2.71. The van der Waals surface area contributed by atoms with Gasteiger partial charge in [-0.05, 0) is 23.6 Å². The monoisotopic (exact) mass is 276 g/mol. The molecule has 17 heavy (non-hydrogen) atoms. The number of methoxy groups -OCH3 is 1. The van der Waals surface area contributed by atoms with Crippen molar-refractivity contribution < 1.29 is 13.2 Å². The maximum absolute atomic E-state index is 11.2. The van der Waals surface area contributed by atoms with Crippen molar-refractivity contribution in [2.45, 2.75) is 19.8 Å². The maximum atomic E-state index is 11.2. The molecule has 0 bridgehead atoms. The summed E-state index contributed by atoms with van der Waals surface area (Å²) in [6.45, 7) is 3.96. The van der Waals surface area contributed by atoms with Gasteiger partial charge >= 0.3 is 0 Å². The van der Waals surface area contributed by atoms with Crippen molar-refractivity contribution in [3.8, 4) is 5.75 Å². The van der Waals surface area contributed by atoms with Crippen molar-refractivity contribution in [3.63, 3.8) is 0 Å². The van der Waals surface area contributed by atoms with Crippen LogP contribution in [0.5, 0.6) is 5.75 Å². The summed E-state index contributed by atoms with van der Waals surface area (Å²) in [7, 11) is 3.42. The molecule has 0 aromatic heterocycles. The lowest BCUT2D eigenvalue weighted by Gasteiger charge is -2.20. The summed E-state index contributed by atoms with van der Waals surface area (Å²) in [5, 5.41) is 0. The molecule has 0 aliphatic heterocycles. The number of ether oxygens (including phenoxy) is 1. The Morgan fingerprint density at radius 1 is 1.35 bits per heavy atom. The Balaban J connectivity index is 3.05. The first-order chi connectivity index (χ1) is 7.83. The van der Waals surface area contributed by atoms with E-state index >= 15 is 0 Å². The van der Waals surface area contributed by atoms with Gasteiger partial charge in [0.2, 0.25) is 9.05 Å². The van der Waals surface area contributed by atoms with Crippen LogP contribution in [0.1, 0.15) is 25.3 Å². The van der Waals surface area contributed by atoms with E-state index in [1.165, 1.54) is 0 Å². The van der Waals surface area contributed by atoms with Gasteiger partial charge in [-0.25, -0.2) is 8.42 Å². The largest absolute Gasteiger partial charge is 0.497 e. The topological polar surface area (TPSA) is 43.4 Å². The molecule has 1 unspecified atom stereocenters. The Labute approximate surface area is 107 Å². The maximum Gasteiger partial charge on any atom is 0.233 e. The molecule has 0 aliphatic carbocycles. The van der Waals surface area contributed by atoms with Gasteiger partial charge < -0.3 is 4.74 Å². The highest BCUT2D eigenvalue weighted by Crippen LogP contribution is 2.29. The molecule has 1 aromatic rings. The molecule has 1 rings (SSSR count). The van der Waals surface area contributed by atoms with Gasteiger partial charge in [-0.3, -0.25) is 0 Å². The van der Waals surface area contributed by atoms with Crippen LogP contribution < -0.4 is 4.74 Å². The van der Waals surface area contributed by atoms with E-state index in [1.807, 2.05) is 38.1 Å². The van der Waals surface area contributed by atoms with Crippen molar-refractivity contribution in [1.29, 1.82) is 0 Å². The molecule has 0 N–H and O–H groups in total. The van der Waals surface area contributed by atoms with Crippen LogP contribution in [0.3, 0.4) is 0 Å². The van der Waals surface area contributed by atoms with Crippen LogP contribution in [-0.4, -0.2) is 21.3 Å². The van der Waals surface area contributed by atoms with Crippen LogP contribution in [0.4, 0.5) is 0 Å². The summed E-state index contributed by atoms with van der Waals surface area (Å²) in [6, 6.07) is 7.43. The summed E-state index contributed by atoms with van der Waals surface area (Å²) < 4.78 is 27.5. The predicted molar refractivity (Wildman–Crippen MR) is 70.2 cm³/mol. The van der Waals surface area contributed by atoms with E-state index < -0.39 is 9.05 Å². The van der Waals surface area contributed by atoms with Crippen LogP contribution >= 0.6 is 10.7 Å². The first-order valence-electron chi connectivity index (χ1n) is 5.40. The number of halogens is 1. The van der Waals surface area contributed by atoms with Gasteiger partial charge in [-0.15, -0.1) is 0 Å². The van der Waals surface area contributed by atoms with Crippen LogP contribution in [-0.2, 0) is 9.05 Å². The third kappa shape index (κ3) is 4.56. The van der Waals surface area contributed by atoms with Crippen molar-refractivity contribution in [3.05, 3.63) is 29.8 Å². The number of hydrogen-bond acceptors (Lipinski definition) is 3. The average molecular weight is 277 g/mol. The highest BCUT2D eigenvalue weighted by molar-refractivity contribution is 8.13. The second kappa shape index (κ2) is 5.74. The van der Waals surface area contributed by atoms with E-state index in [-0.39, 0.29) is 17.6 Å². The Morgan fingerprint density at radius 2 is 2.00 bits per heavy atom. The van der Waals surface area contributed by atoms with Gasteiger partial charge in [0.05, 0.1) is 12.9 Å². The molecule has 0 heterocycles. The molecule has 1 aromatic carbocycles. The highest BCUT2D eigenvalue weighted by Gasteiger charge is 2.22. The molecule has 3 nitrogen and oxygen atoms in total. The Bertz CT molecular complexity index is 468. The molecule has 0 aliphatic rings. The van der Waals surface area contributed by atoms with Crippen molar-refractivity contribution >= 4 is 19.7 Å². The van der Waals surface area contributed by atoms with Crippen molar-refractivity contribution in [2.75, 3.05) is 12.9 Å². The van der Waals surface area contributed by atoms with E-state index in [0.29, 0.717) is 0 Å². The fourth-order valence-electron chi connectivity index (χ4n) is 1.76. The minimum Gasteiger partial charge on any atom is -0.497 e. The van der Waals surface area contributed by atoms with Crippen molar-refractivity contribution in [2.24, 2.45) is 5.92 Å². The molecule has 96 valence electrons. The average Bonchev–Trinajstić information content (AvgIpc) is 2.24. The van der Waals surface area contributed by atoms with Gasteiger partial charge in [0, 0.05) is 16.6 Å². The van der Waals surface area contributed by atoms with Gasteiger partial charge in [0.15, 0.2) is 0 Å². The molecular weight excluding hydrogens is 260 g/mol. The third-order valence-corrected chi connectivity index (χ3v) is 3.84. The second-order valence-corrected chi connectivity index (χ2v) is 7.15. The van der Waals surface area contributed by atoms with Crippen molar-refractivity contribution in [1.82, 2.24) is 0 Å². The van der Waals surface area contributed by atoms with Gasteiger partial charge in [0.1, 0.15) is 5.75 Å². The normalized spacial score (nSPS) is 13.7. The summed E-state index contributed by atoms with van der Waals surface area (Å²) in [5.41, 5.74) is 0.934. The molecule has 0 radical (unpaired) electrons. The number of benzene rings is 1. The zero-order valence-corrected chi connectivity index (χ0v) is 11.8. The molecule has 0 fully saturated rings. The van der Waals surface area contributed by atoms with E-state index in [2.05, 4.69) is 0 Å². The van der Waals surface area contributed by atoms with Crippen LogP contribution in [0.2, 0.25) is 0 Å². The lowest BCUT2D eigenvalue weighted by molar-refractivity contribution is 0.413. The fraction of sp³-hybridized carbons (Fsp3) is 0.500. The lowest BCUT2D eigenvalue weighted by atomic mass is 9.90. The zero-order valence-electron chi connectivity index (χ0n) is 10.2. The molecule has 0 saturated carbocycles. The predicted octanol–water partition coefficient (Wildman–Crippen LogP) is 3.00. The summed E-state index contributed by atoms with van der Waals surface area (Å²) >= 11 is 0. The molecule has 0 spiro atoms. The Hall–Kier alpha value is -0.740. The first kappa shape index (κ1) is 14.3. The standard InChI is InChI=1S/C12H17ClO3S/c1-9(2)12(8-17(13,14)15)10-5-4-6-11(7-10)16-3/h4-7,9,12H,8H2,1-3H3. The minimum atomic E-state index is -3.50. The van der Waals surface area contributed by atoms with Crippen LogP contribution in [0.25, 0.3) is 0 Å². The first-order valence-corrected chi connectivity index (χ1v) is 7.87. The lowest BCUT2D eigenvalue weighted by Crippen LogP contribution is -2.16. The smallest absolute Gasteiger partial charge is 0.233 e. The zero-order chi connectivity index (χ0) is 13.1. The summed E-state index contributed by atoms with van der Waals surface area (Å²) in [4.78, 5) is 0. The summed E-state index contributed by atoms with van der Waals surface area (Å²) in [6.07, 6.45) is 0. The minimum absolute atomic E-state index is 0.0562. The number of rotatable bonds is 5. The number of hydrogen-bond donors (Lipinski definition) is 0. The quantitative estimate of drug-likeness (QED) is 0.777. The molecular formula is C12H17ClO3S. The van der Waals surface area contributed by atoms with E-state index in [1.54, 1.807) is 7.11 Å². The van der Waals surface area contributed by atoms with Crippen LogP contribution in [0.15, 0.2) is 24.3 Å². The van der Waals surface area contributed by atoms with E-state index in [0.717, 1.165) is 11.3 Å². The van der Waals surface area contributed by atoms with E-state index in [9.17, 15) is 8.42 Å². The molecule has 5 heteroatoms. The van der Waals surface area contributed by atoms with Crippen LogP contribution in [0, 0.1) is 5.92 Å². The van der Waals surface area contributed by atoms with Gasteiger partial charge in [0.25, 0.3) is 0 Å². The SMILES string of the molecule is COc1cccc(C(CS(=O)(=O)Cl)C(C)C)c1. The molecule has 0 saturated heterocycles. The fourth-order valence-corrected chi connectivity index (χ4v) is 3.17. The highest BCUT2D eigenvalue weighted by atomic mass is 35.7. The molecule has 1 atom stereocenters. The van der Waals surface area contributed by atoms with Gasteiger partial charge in [-0.1, -0.05) is 26.0 Å². The van der Waals surface area contributed by atoms with E-state index in [4.69, 9.17) is 15.4 Å². The second-order valence-electron chi connectivity index (χ2n) is 4.33. The summed E-state index contributed by atoms with van der Waals surface area (Å²) in [5.74, 6) is 0.739. The Morgan fingerprint density at radius 3 is 2.47 bits per heavy atom.